The summed E-state index contributed by atoms with van der Waals surface area (Å²) >= 11 is 0. The van der Waals surface area contributed by atoms with E-state index in [1.807, 2.05) is 6.20 Å². The van der Waals surface area contributed by atoms with Gasteiger partial charge in [0.15, 0.2) is 0 Å². The van der Waals surface area contributed by atoms with Gasteiger partial charge in [0.05, 0.1) is 12.3 Å². The number of hydrogen-bond donors (Lipinski definition) is 1. The van der Waals surface area contributed by atoms with Gasteiger partial charge in [-0.2, -0.15) is 18.3 Å². The molecule has 1 atom stereocenters. The lowest BCUT2D eigenvalue weighted by Gasteiger charge is -2.23. The van der Waals surface area contributed by atoms with Crippen LogP contribution in [0.5, 0.6) is 0 Å². The highest BCUT2D eigenvalue weighted by molar-refractivity contribution is 5.76. The number of carbonyl (C=O) groups excluding carboxylic acids is 1. The number of amides is 1. The predicted octanol–water partition coefficient (Wildman–Crippen LogP) is 1.46. The minimum Gasteiger partial charge on any atom is -0.475 e. The van der Waals surface area contributed by atoms with Gasteiger partial charge in [0.25, 0.3) is 0 Å². The Morgan fingerprint density at radius 3 is 2.48 bits per heavy atom. The molecule has 2 aliphatic rings. The summed E-state index contributed by atoms with van der Waals surface area (Å²) in [5.41, 5.74) is 1.28. The van der Waals surface area contributed by atoms with Crippen molar-refractivity contribution < 1.29 is 32.6 Å². The zero-order valence-corrected chi connectivity index (χ0v) is 16.6. The molecule has 0 radical (unpaired) electrons. The fourth-order valence-electron chi connectivity index (χ4n) is 2.97. The molecule has 8 nitrogen and oxygen atoms in total. The van der Waals surface area contributed by atoms with Crippen LogP contribution in [0.15, 0.2) is 12.3 Å². The number of carboxylic acid groups (broad SMARTS) is 1. The summed E-state index contributed by atoms with van der Waals surface area (Å²) in [6.07, 6.45) is -0.466. The molecule has 1 aromatic rings. The lowest BCUT2D eigenvalue weighted by Crippen LogP contribution is -2.33. The third-order valence-electron chi connectivity index (χ3n) is 4.67. The van der Waals surface area contributed by atoms with Gasteiger partial charge in [0.1, 0.15) is 6.61 Å². The van der Waals surface area contributed by atoms with Crippen LogP contribution >= 0.6 is 0 Å². The van der Waals surface area contributed by atoms with Crippen LogP contribution in [0, 0.1) is 11.8 Å². The van der Waals surface area contributed by atoms with Crippen molar-refractivity contribution >= 4 is 11.9 Å². The van der Waals surface area contributed by atoms with Gasteiger partial charge < -0.3 is 14.7 Å². The molecule has 29 heavy (non-hydrogen) atoms. The summed E-state index contributed by atoms with van der Waals surface area (Å²) in [5.74, 6) is -1.48. The van der Waals surface area contributed by atoms with Crippen LogP contribution in [-0.4, -0.2) is 83.1 Å². The smallest absolute Gasteiger partial charge is 0.475 e. The van der Waals surface area contributed by atoms with E-state index in [1.54, 1.807) is 19.0 Å². The number of nitrogens with zero attached hydrogens (tertiary/aromatic N) is 4. The molecule has 0 bridgehead atoms. The van der Waals surface area contributed by atoms with E-state index in [9.17, 15) is 18.0 Å². The Labute approximate surface area is 167 Å². The summed E-state index contributed by atoms with van der Waals surface area (Å²) < 4.78 is 39.5. The second-order valence-electron chi connectivity index (χ2n) is 7.61. The van der Waals surface area contributed by atoms with Crippen molar-refractivity contribution in [2.24, 2.45) is 11.8 Å². The van der Waals surface area contributed by atoms with Crippen LogP contribution in [0.1, 0.15) is 18.5 Å². The quantitative estimate of drug-likeness (QED) is 0.750. The topological polar surface area (TPSA) is 87.9 Å². The van der Waals surface area contributed by atoms with Gasteiger partial charge in [0, 0.05) is 52.4 Å². The predicted molar refractivity (Wildman–Crippen MR) is 96.9 cm³/mol. The third-order valence-corrected chi connectivity index (χ3v) is 4.67. The number of alkyl halides is 3. The van der Waals surface area contributed by atoms with Crippen molar-refractivity contribution in [3.05, 3.63) is 18.0 Å². The Kier molecular flexibility index (Phi) is 8.03. The van der Waals surface area contributed by atoms with E-state index in [0.717, 1.165) is 25.6 Å². The molecule has 0 aromatic carbocycles. The number of ether oxygens (including phenoxy) is 1. The molecule has 0 spiro atoms. The second kappa shape index (κ2) is 10.1. The molecular weight excluding hydrogens is 393 g/mol. The molecule has 3 rings (SSSR count). The van der Waals surface area contributed by atoms with Crippen molar-refractivity contribution in [2.75, 3.05) is 40.4 Å². The van der Waals surface area contributed by atoms with E-state index in [2.05, 4.69) is 20.7 Å². The molecular formula is C18H27F3N4O4. The Hall–Kier alpha value is -2.14. The van der Waals surface area contributed by atoms with Gasteiger partial charge in [-0.3, -0.25) is 14.4 Å². The Balaban J connectivity index is 0.000000370. The van der Waals surface area contributed by atoms with Gasteiger partial charge in [-0.1, -0.05) is 0 Å². The number of aliphatic carboxylic acids is 1. The maximum Gasteiger partial charge on any atom is 0.490 e. The third kappa shape index (κ3) is 8.01. The molecule has 11 heteroatoms. The Morgan fingerprint density at radius 2 is 1.93 bits per heavy atom. The van der Waals surface area contributed by atoms with Crippen LogP contribution in [0.25, 0.3) is 0 Å². The molecule has 0 saturated heterocycles. The van der Waals surface area contributed by atoms with Gasteiger partial charge >= 0.3 is 12.1 Å². The molecule has 164 valence electrons. The number of fused-ring (bicyclic) bond motifs is 1. The summed E-state index contributed by atoms with van der Waals surface area (Å²) in [6, 6.07) is 2.11. The highest BCUT2D eigenvalue weighted by atomic mass is 19.4. The fraction of sp³-hybridized carbons (Fsp3) is 0.722. The first kappa shape index (κ1) is 23.1. The molecule has 1 unspecified atom stereocenters. The number of halogens is 3. The van der Waals surface area contributed by atoms with Crippen LogP contribution in [-0.2, 0) is 27.4 Å². The Bertz CT molecular complexity index is 689. The van der Waals surface area contributed by atoms with E-state index < -0.39 is 12.1 Å². The van der Waals surface area contributed by atoms with E-state index in [1.165, 1.54) is 25.1 Å². The zero-order valence-electron chi connectivity index (χ0n) is 16.6. The summed E-state index contributed by atoms with van der Waals surface area (Å²) in [4.78, 5) is 24.6. The number of carboxylic acids is 1. The average molecular weight is 420 g/mol. The maximum absolute atomic E-state index is 11.6. The highest BCUT2D eigenvalue weighted by Crippen LogP contribution is 2.31. The van der Waals surface area contributed by atoms with Gasteiger partial charge in [-0.05, 0) is 24.8 Å². The SMILES string of the molecule is CN(C)C(=O)COCC1CN(CC2CC2)Cc2ccnn2C1.O=C(O)C(F)(F)F. The highest BCUT2D eigenvalue weighted by Gasteiger charge is 2.38. The summed E-state index contributed by atoms with van der Waals surface area (Å²) in [5, 5.41) is 11.6. The van der Waals surface area contributed by atoms with Crippen molar-refractivity contribution in [1.29, 1.82) is 0 Å². The first-order chi connectivity index (χ1) is 13.6. The molecule has 1 aliphatic carbocycles. The normalized spacial score (nSPS) is 19.6. The summed E-state index contributed by atoms with van der Waals surface area (Å²) in [6.45, 7) is 4.83. The minimum atomic E-state index is -5.08. The monoisotopic (exact) mass is 420 g/mol. The molecule has 2 heterocycles. The van der Waals surface area contributed by atoms with Crippen LogP contribution < -0.4 is 0 Å². The number of aromatic nitrogens is 2. The van der Waals surface area contributed by atoms with Crippen molar-refractivity contribution in [1.82, 2.24) is 19.6 Å². The van der Waals surface area contributed by atoms with Crippen molar-refractivity contribution in [2.45, 2.75) is 32.1 Å². The van der Waals surface area contributed by atoms with E-state index in [-0.39, 0.29) is 12.5 Å². The van der Waals surface area contributed by atoms with Gasteiger partial charge in [0.2, 0.25) is 5.91 Å². The Morgan fingerprint density at radius 1 is 1.28 bits per heavy atom. The lowest BCUT2D eigenvalue weighted by atomic mass is 10.1. The van der Waals surface area contributed by atoms with Crippen molar-refractivity contribution in [3.8, 4) is 0 Å². The van der Waals surface area contributed by atoms with Crippen LogP contribution in [0.3, 0.4) is 0 Å². The minimum absolute atomic E-state index is 0.0169. The lowest BCUT2D eigenvalue weighted by molar-refractivity contribution is -0.192. The van der Waals surface area contributed by atoms with E-state index in [0.29, 0.717) is 12.5 Å². The van der Waals surface area contributed by atoms with E-state index in [4.69, 9.17) is 14.6 Å². The molecule has 1 amide bonds. The van der Waals surface area contributed by atoms with Crippen LogP contribution in [0.4, 0.5) is 13.2 Å². The largest absolute Gasteiger partial charge is 0.490 e. The zero-order chi connectivity index (χ0) is 21.6. The number of hydrogen-bond acceptors (Lipinski definition) is 5. The van der Waals surface area contributed by atoms with E-state index >= 15 is 0 Å². The number of carbonyl (C=O) groups is 2. The molecule has 1 aliphatic heterocycles. The number of likely N-dealkylation sites (N-methyl/N-ethyl adjacent to an activating group) is 1. The summed E-state index contributed by atoms with van der Waals surface area (Å²) in [7, 11) is 3.51. The van der Waals surface area contributed by atoms with Crippen molar-refractivity contribution in [3.63, 3.8) is 0 Å². The van der Waals surface area contributed by atoms with Gasteiger partial charge in [-0.25, -0.2) is 4.79 Å². The number of rotatable bonds is 6. The molecule has 1 aromatic heterocycles. The first-order valence-electron chi connectivity index (χ1n) is 9.37. The maximum atomic E-state index is 11.6. The first-order valence-corrected chi connectivity index (χ1v) is 9.37. The van der Waals surface area contributed by atoms with Crippen LogP contribution in [0.2, 0.25) is 0 Å². The molecule has 1 saturated carbocycles. The van der Waals surface area contributed by atoms with Gasteiger partial charge in [-0.15, -0.1) is 0 Å². The molecule has 1 fully saturated rings. The molecule has 1 N–H and O–H groups in total. The standard InChI is InChI=1S/C16H26N4O2.C2HF3O2/c1-18(2)16(21)12-22-11-14-8-19(7-13-3-4-13)10-15-5-6-17-20(15)9-14;3-2(4,5)1(6)7/h5-6,13-14H,3-4,7-12H2,1-2H3;(H,6,7). The fourth-order valence-corrected chi connectivity index (χ4v) is 2.97. The second-order valence-corrected chi connectivity index (χ2v) is 7.61. The average Bonchev–Trinajstić information content (AvgIpc) is 3.36.